The summed E-state index contributed by atoms with van der Waals surface area (Å²) in [7, 11) is 4.02. The molecule has 0 aromatic rings. The molecule has 1 aliphatic rings. The van der Waals surface area contributed by atoms with Crippen molar-refractivity contribution >= 4 is 6.09 Å². The molecule has 0 bridgehead atoms. The van der Waals surface area contributed by atoms with E-state index in [9.17, 15) is 4.79 Å². The van der Waals surface area contributed by atoms with E-state index in [1.807, 2.05) is 14.1 Å². The highest BCUT2D eigenvalue weighted by atomic mass is 16.6. The molecule has 0 aliphatic carbocycles. The quantitative estimate of drug-likeness (QED) is 0.631. The van der Waals surface area contributed by atoms with E-state index in [2.05, 4.69) is 10.2 Å². The molecule has 1 fully saturated rings. The monoisotopic (exact) mass is 158 g/mol. The molecule has 1 heterocycles. The minimum Gasteiger partial charge on any atom is -0.447 e. The van der Waals surface area contributed by atoms with Crippen LogP contribution < -0.4 is 5.32 Å². The van der Waals surface area contributed by atoms with Crippen molar-refractivity contribution in [3.63, 3.8) is 0 Å². The van der Waals surface area contributed by atoms with Crippen LogP contribution in [0.15, 0.2) is 0 Å². The van der Waals surface area contributed by atoms with E-state index in [0.717, 1.165) is 13.0 Å². The fourth-order valence-electron chi connectivity index (χ4n) is 0.996. The summed E-state index contributed by atoms with van der Waals surface area (Å²) < 4.78 is 4.73. The van der Waals surface area contributed by atoms with E-state index >= 15 is 0 Å². The van der Waals surface area contributed by atoms with Crippen LogP contribution in [0.1, 0.15) is 6.42 Å². The number of alkyl carbamates (subject to hydrolysis) is 1. The van der Waals surface area contributed by atoms with Crippen molar-refractivity contribution in [2.24, 2.45) is 0 Å². The Kier molecular flexibility index (Phi) is 2.70. The Bertz CT molecular complexity index is 147. The summed E-state index contributed by atoms with van der Waals surface area (Å²) in [6, 6.07) is 0.213. The van der Waals surface area contributed by atoms with Gasteiger partial charge in [0.2, 0.25) is 0 Å². The van der Waals surface area contributed by atoms with E-state index in [4.69, 9.17) is 4.74 Å². The molecular formula is C7H14N2O2. The maximum absolute atomic E-state index is 10.6. The molecule has 1 atom stereocenters. The minimum absolute atomic E-state index is 0.213. The molecule has 0 radical (unpaired) electrons. The number of rotatable bonds is 3. The van der Waals surface area contributed by atoms with Gasteiger partial charge in [-0.1, -0.05) is 0 Å². The summed E-state index contributed by atoms with van der Waals surface area (Å²) in [5, 5.41) is 2.72. The summed E-state index contributed by atoms with van der Waals surface area (Å²) in [4.78, 5) is 12.6. The smallest absolute Gasteiger partial charge is 0.407 e. The van der Waals surface area contributed by atoms with Gasteiger partial charge in [0.15, 0.2) is 0 Å². The Hall–Kier alpha value is -0.770. The normalized spacial score (nSPS) is 23.5. The first-order valence-corrected chi connectivity index (χ1v) is 3.76. The lowest BCUT2D eigenvalue weighted by Gasteiger charge is -2.11. The molecule has 1 amide bonds. The Morgan fingerprint density at radius 3 is 2.91 bits per heavy atom. The summed E-state index contributed by atoms with van der Waals surface area (Å²) in [6.07, 6.45) is 0.674. The van der Waals surface area contributed by atoms with E-state index < -0.39 is 0 Å². The lowest BCUT2D eigenvalue weighted by Crippen LogP contribution is -2.29. The first-order valence-electron chi connectivity index (χ1n) is 3.76. The highest BCUT2D eigenvalue weighted by Gasteiger charge is 2.21. The van der Waals surface area contributed by atoms with Gasteiger partial charge in [-0.3, -0.25) is 0 Å². The van der Waals surface area contributed by atoms with Crippen LogP contribution in [0, 0.1) is 0 Å². The van der Waals surface area contributed by atoms with Crippen LogP contribution >= 0.6 is 0 Å². The summed E-state index contributed by atoms with van der Waals surface area (Å²) in [5.74, 6) is 0. The molecule has 4 nitrogen and oxygen atoms in total. The predicted octanol–water partition coefficient (Wildman–Crippen LogP) is 0.0465. The third-order valence-corrected chi connectivity index (χ3v) is 1.66. The maximum atomic E-state index is 10.6. The van der Waals surface area contributed by atoms with E-state index in [0.29, 0.717) is 6.61 Å². The Morgan fingerprint density at radius 2 is 2.45 bits per heavy atom. The Balaban J connectivity index is 2.13. The van der Waals surface area contributed by atoms with E-state index in [-0.39, 0.29) is 12.1 Å². The number of nitrogens with one attached hydrogen (secondary N) is 1. The zero-order valence-electron chi connectivity index (χ0n) is 6.96. The fourth-order valence-corrected chi connectivity index (χ4v) is 0.996. The summed E-state index contributed by atoms with van der Waals surface area (Å²) in [5.41, 5.74) is 0. The van der Waals surface area contributed by atoms with Crippen molar-refractivity contribution in [2.75, 3.05) is 27.2 Å². The van der Waals surface area contributed by atoms with Crippen LogP contribution in [-0.2, 0) is 4.74 Å². The number of amides is 1. The second-order valence-corrected chi connectivity index (χ2v) is 3.03. The summed E-state index contributed by atoms with van der Waals surface area (Å²) in [6.45, 7) is 1.50. The lowest BCUT2D eigenvalue weighted by molar-refractivity contribution is 0.176. The van der Waals surface area contributed by atoms with Crippen LogP contribution in [0.5, 0.6) is 0 Å². The van der Waals surface area contributed by atoms with Gasteiger partial charge in [0.05, 0.1) is 6.04 Å². The van der Waals surface area contributed by atoms with Crippen molar-refractivity contribution in [3.8, 4) is 0 Å². The zero-order valence-corrected chi connectivity index (χ0v) is 6.96. The number of carbonyl (C=O) groups is 1. The molecule has 1 aliphatic heterocycles. The molecule has 0 aromatic carbocycles. The number of nitrogens with zero attached hydrogens (tertiary/aromatic N) is 1. The van der Waals surface area contributed by atoms with Crippen molar-refractivity contribution in [3.05, 3.63) is 0 Å². The van der Waals surface area contributed by atoms with Gasteiger partial charge in [0.1, 0.15) is 6.61 Å². The number of carbonyl (C=O) groups excluding carboxylic acids is 1. The third-order valence-electron chi connectivity index (χ3n) is 1.66. The van der Waals surface area contributed by atoms with Gasteiger partial charge >= 0.3 is 6.09 Å². The largest absolute Gasteiger partial charge is 0.447 e. The van der Waals surface area contributed by atoms with Gasteiger partial charge in [0, 0.05) is 0 Å². The highest BCUT2D eigenvalue weighted by molar-refractivity contribution is 5.69. The molecule has 0 saturated carbocycles. The first kappa shape index (κ1) is 8.33. The van der Waals surface area contributed by atoms with E-state index in [1.165, 1.54) is 0 Å². The average molecular weight is 158 g/mol. The zero-order chi connectivity index (χ0) is 8.27. The molecule has 64 valence electrons. The van der Waals surface area contributed by atoms with E-state index in [1.54, 1.807) is 0 Å². The number of ether oxygens (including phenoxy) is 1. The molecule has 1 rings (SSSR count). The van der Waals surface area contributed by atoms with Crippen molar-refractivity contribution in [1.82, 2.24) is 10.2 Å². The van der Waals surface area contributed by atoms with Crippen LogP contribution in [0.2, 0.25) is 0 Å². The van der Waals surface area contributed by atoms with Gasteiger partial charge < -0.3 is 15.0 Å². The molecule has 1 N–H and O–H groups in total. The standard InChI is InChI=1S/C7H14N2O2/c1-9(2)4-3-6-5-11-7(10)8-6/h6H,3-5H2,1-2H3,(H,8,10). The van der Waals surface area contributed by atoms with Crippen molar-refractivity contribution in [1.29, 1.82) is 0 Å². The Labute approximate surface area is 66.5 Å². The highest BCUT2D eigenvalue weighted by Crippen LogP contribution is 2.01. The summed E-state index contributed by atoms with van der Waals surface area (Å²) >= 11 is 0. The number of cyclic esters (lactones) is 1. The second kappa shape index (κ2) is 3.57. The fraction of sp³-hybridized carbons (Fsp3) is 0.857. The van der Waals surface area contributed by atoms with Gasteiger partial charge in [-0.15, -0.1) is 0 Å². The SMILES string of the molecule is CN(C)CCC1COC(=O)N1. The van der Waals surface area contributed by atoms with Gasteiger partial charge in [-0.05, 0) is 27.1 Å². The van der Waals surface area contributed by atoms with Crippen molar-refractivity contribution in [2.45, 2.75) is 12.5 Å². The molecule has 4 heteroatoms. The number of hydrogen-bond donors (Lipinski definition) is 1. The van der Waals surface area contributed by atoms with Crippen LogP contribution in [0.3, 0.4) is 0 Å². The topological polar surface area (TPSA) is 41.6 Å². The van der Waals surface area contributed by atoms with Gasteiger partial charge in [-0.25, -0.2) is 4.79 Å². The molecule has 0 aromatic heterocycles. The van der Waals surface area contributed by atoms with Crippen LogP contribution in [-0.4, -0.2) is 44.3 Å². The second-order valence-electron chi connectivity index (χ2n) is 3.03. The molecular weight excluding hydrogens is 144 g/mol. The van der Waals surface area contributed by atoms with Crippen molar-refractivity contribution < 1.29 is 9.53 Å². The minimum atomic E-state index is -0.284. The first-order chi connectivity index (χ1) is 5.18. The molecule has 11 heavy (non-hydrogen) atoms. The average Bonchev–Trinajstić information content (AvgIpc) is 2.31. The lowest BCUT2D eigenvalue weighted by atomic mass is 10.2. The number of hydrogen-bond acceptors (Lipinski definition) is 3. The van der Waals surface area contributed by atoms with Crippen LogP contribution in [0.25, 0.3) is 0 Å². The molecule has 0 spiro atoms. The predicted molar refractivity (Wildman–Crippen MR) is 41.4 cm³/mol. The maximum Gasteiger partial charge on any atom is 0.407 e. The Morgan fingerprint density at radius 1 is 1.73 bits per heavy atom. The van der Waals surface area contributed by atoms with Gasteiger partial charge in [-0.2, -0.15) is 0 Å². The molecule has 1 saturated heterocycles. The molecule has 1 unspecified atom stereocenters. The third kappa shape index (κ3) is 2.76. The van der Waals surface area contributed by atoms with Gasteiger partial charge in [0.25, 0.3) is 0 Å². The van der Waals surface area contributed by atoms with Crippen LogP contribution in [0.4, 0.5) is 4.79 Å².